The highest BCUT2D eigenvalue weighted by Crippen LogP contribution is 1.91. The van der Waals surface area contributed by atoms with E-state index in [1.807, 2.05) is 19.2 Å². The van der Waals surface area contributed by atoms with Crippen molar-refractivity contribution in [2.24, 2.45) is 0 Å². The van der Waals surface area contributed by atoms with E-state index >= 15 is 0 Å². The van der Waals surface area contributed by atoms with Crippen molar-refractivity contribution in [1.82, 2.24) is 15.8 Å². The molecule has 4 heteroatoms. The molecule has 0 unspecified atom stereocenters. The van der Waals surface area contributed by atoms with Gasteiger partial charge in [-0.1, -0.05) is 13.0 Å². The molecule has 0 fully saturated rings. The number of carbonyl (C=O) groups is 1. The largest absolute Gasteiger partial charge is 0.295 e. The van der Waals surface area contributed by atoms with E-state index in [1.165, 1.54) is 0 Å². The Balaban J connectivity index is 2.25. The Labute approximate surface area is 72.6 Å². The highest BCUT2D eigenvalue weighted by Gasteiger charge is 2.05. The smallest absolute Gasteiger partial charge is 0.238 e. The van der Waals surface area contributed by atoms with Gasteiger partial charge in [0, 0.05) is 19.2 Å². The maximum Gasteiger partial charge on any atom is 0.238 e. The van der Waals surface area contributed by atoms with E-state index in [2.05, 4.69) is 10.7 Å². The maximum absolute atomic E-state index is 11.1. The van der Waals surface area contributed by atoms with Gasteiger partial charge in [0.1, 0.15) is 0 Å². The first-order chi connectivity index (χ1) is 5.83. The molecule has 0 aliphatic carbocycles. The zero-order valence-electron chi connectivity index (χ0n) is 7.34. The average molecular weight is 169 g/mol. The number of rotatable bonds is 3. The van der Waals surface area contributed by atoms with Crippen molar-refractivity contribution in [1.29, 1.82) is 0 Å². The lowest BCUT2D eigenvalue weighted by Crippen LogP contribution is -2.45. The van der Waals surface area contributed by atoms with Gasteiger partial charge in [0.15, 0.2) is 0 Å². The molecule has 1 heterocycles. The second-order valence-corrected chi connectivity index (χ2v) is 2.75. The van der Waals surface area contributed by atoms with E-state index in [0.717, 1.165) is 13.0 Å². The number of hydrogen-bond acceptors (Lipinski definition) is 3. The molecule has 0 aromatic rings. The SMILES string of the molecule is CCCC(=O)NN1C=CCNC1. The van der Waals surface area contributed by atoms with Crippen molar-refractivity contribution < 1.29 is 4.79 Å². The van der Waals surface area contributed by atoms with Crippen LogP contribution < -0.4 is 10.7 Å². The van der Waals surface area contributed by atoms with Gasteiger partial charge in [-0.3, -0.25) is 20.5 Å². The summed E-state index contributed by atoms with van der Waals surface area (Å²) in [5.74, 6) is 0.0749. The van der Waals surface area contributed by atoms with Gasteiger partial charge in [0.05, 0.1) is 6.67 Å². The Morgan fingerprint density at radius 2 is 2.58 bits per heavy atom. The molecule has 2 N–H and O–H groups in total. The minimum absolute atomic E-state index is 0.0749. The lowest BCUT2D eigenvalue weighted by molar-refractivity contribution is -0.125. The monoisotopic (exact) mass is 169 g/mol. The van der Waals surface area contributed by atoms with Crippen molar-refractivity contribution in [3.05, 3.63) is 12.3 Å². The number of hydrazine groups is 1. The lowest BCUT2D eigenvalue weighted by Gasteiger charge is -2.24. The summed E-state index contributed by atoms with van der Waals surface area (Å²) >= 11 is 0. The van der Waals surface area contributed by atoms with Crippen LogP contribution in [0.3, 0.4) is 0 Å². The number of nitrogens with one attached hydrogen (secondary N) is 2. The summed E-state index contributed by atoms with van der Waals surface area (Å²) in [6.45, 7) is 3.55. The Hall–Kier alpha value is -1.03. The molecular formula is C8H15N3O. The number of hydrogen-bond donors (Lipinski definition) is 2. The highest BCUT2D eigenvalue weighted by molar-refractivity contribution is 5.75. The van der Waals surface area contributed by atoms with Gasteiger partial charge in [0.25, 0.3) is 0 Å². The molecule has 1 aliphatic heterocycles. The molecule has 4 nitrogen and oxygen atoms in total. The van der Waals surface area contributed by atoms with Gasteiger partial charge >= 0.3 is 0 Å². The Kier molecular flexibility index (Phi) is 3.60. The lowest BCUT2D eigenvalue weighted by atomic mass is 10.3. The number of nitrogens with zero attached hydrogens (tertiary/aromatic N) is 1. The molecule has 1 aliphatic rings. The van der Waals surface area contributed by atoms with Crippen molar-refractivity contribution in [2.45, 2.75) is 19.8 Å². The molecule has 0 aromatic carbocycles. The normalized spacial score (nSPS) is 16.2. The molecule has 0 atom stereocenters. The first-order valence-corrected chi connectivity index (χ1v) is 4.26. The molecule has 0 saturated carbocycles. The number of carbonyl (C=O) groups excluding carboxylic acids is 1. The highest BCUT2D eigenvalue weighted by atomic mass is 16.2. The van der Waals surface area contributed by atoms with Crippen LogP contribution >= 0.6 is 0 Å². The second-order valence-electron chi connectivity index (χ2n) is 2.75. The fourth-order valence-electron chi connectivity index (χ4n) is 1.02. The third kappa shape index (κ3) is 2.92. The molecule has 1 rings (SSSR count). The van der Waals surface area contributed by atoms with Crippen LogP contribution in [-0.4, -0.2) is 24.1 Å². The zero-order chi connectivity index (χ0) is 8.81. The second kappa shape index (κ2) is 4.77. The fraction of sp³-hybridized carbons (Fsp3) is 0.625. The molecule has 0 aromatic heterocycles. The molecule has 0 bridgehead atoms. The van der Waals surface area contributed by atoms with E-state index in [0.29, 0.717) is 13.1 Å². The van der Waals surface area contributed by atoms with Crippen LogP contribution in [0.2, 0.25) is 0 Å². The van der Waals surface area contributed by atoms with Crippen LogP contribution in [0.1, 0.15) is 19.8 Å². The van der Waals surface area contributed by atoms with E-state index < -0.39 is 0 Å². The zero-order valence-corrected chi connectivity index (χ0v) is 7.34. The minimum atomic E-state index is 0.0749. The van der Waals surface area contributed by atoms with E-state index in [9.17, 15) is 4.79 Å². The first-order valence-electron chi connectivity index (χ1n) is 4.26. The van der Waals surface area contributed by atoms with Gasteiger partial charge < -0.3 is 0 Å². The molecule has 1 amide bonds. The maximum atomic E-state index is 11.1. The van der Waals surface area contributed by atoms with Crippen molar-refractivity contribution >= 4 is 5.91 Å². The Bertz CT molecular complexity index is 179. The molecular weight excluding hydrogens is 154 g/mol. The van der Waals surface area contributed by atoms with Crippen LogP contribution in [0, 0.1) is 0 Å². The van der Waals surface area contributed by atoms with Crippen molar-refractivity contribution in [3.63, 3.8) is 0 Å². The summed E-state index contributed by atoms with van der Waals surface area (Å²) in [5.41, 5.74) is 2.76. The third-order valence-corrected chi connectivity index (χ3v) is 1.58. The predicted octanol–water partition coefficient (Wildman–Crippen LogP) is 0.194. The molecule has 12 heavy (non-hydrogen) atoms. The van der Waals surface area contributed by atoms with E-state index in [-0.39, 0.29) is 5.91 Å². The quantitative estimate of drug-likeness (QED) is 0.634. The third-order valence-electron chi connectivity index (χ3n) is 1.58. The van der Waals surface area contributed by atoms with Crippen LogP contribution in [0.5, 0.6) is 0 Å². The van der Waals surface area contributed by atoms with Gasteiger partial charge in [-0.15, -0.1) is 0 Å². The molecule has 68 valence electrons. The fourth-order valence-corrected chi connectivity index (χ4v) is 1.02. The standard InChI is InChI=1S/C8H15N3O/c1-2-4-8(12)10-11-6-3-5-9-7-11/h3,6,9H,2,4-5,7H2,1H3,(H,10,12). The summed E-state index contributed by atoms with van der Waals surface area (Å²) in [4.78, 5) is 11.1. The molecule has 0 saturated heterocycles. The summed E-state index contributed by atoms with van der Waals surface area (Å²) in [6, 6.07) is 0. The summed E-state index contributed by atoms with van der Waals surface area (Å²) < 4.78 is 0. The van der Waals surface area contributed by atoms with Gasteiger partial charge in [-0.25, -0.2) is 0 Å². The predicted molar refractivity (Wildman–Crippen MR) is 46.9 cm³/mol. The van der Waals surface area contributed by atoms with Gasteiger partial charge in [-0.05, 0) is 6.42 Å². The topological polar surface area (TPSA) is 44.4 Å². The van der Waals surface area contributed by atoms with Crippen molar-refractivity contribution in [2.75, 3.05) is 13.2 Å². The first kappa shape index (κ1) is 9.06. The van der Waals surface area contributed by atoms with Gasteiger partial charge in [0.2, 0.25) is 5.91 Å². The molecule has 0 spiro atoms. The average Bonchev–Trinajstić information content (AvgIpc) is 2.06. The Morgan fingerprint density at radius 1 is 1.75 bits per heavy atom. The Morgan fingerprint density at radius 3 is 3.17 bits per heavy atom. The molecule has 0 radical (unpaired) electrons. The van der Waals surface area contributed by atoms with Crippen LogP contribution in [0.4, 0.5) is 0 Å². The minimum Gasteiger partial charge on any atom is -0.295 e. The van der Waals surface area contributed by atoms with Crippen LogP contribution in [0.15, 0.2) is 12.3 Å². The number of amides is 1. The van der Waals surface area contributed by atoms with Crippen molar-refractivity contribution in [3.8, 4) is 0 Å². The van der Waals surface area contributed by atoms with Gasteiger partial charge in [-0.2, -0.15) is 0 Å². The van der Waals surface area contributed by atoms with Crippen LogP contribution in [-0.2, 0) is 4.79 Å². The van der Waals surface area contributed by atoms with E-state index in [1.54, 1.807) is 5.01 Å². The van der Waals surface area contributed by atoms with E-state index in [4.69, 9.17) is 0 Å². The summed E-state index contributed by atoms with van der Waals surface area (Å²) in [5, 5.41) is 4.86. The summed E-state index contributed by atoms with van der Waals surface area (Å²) in [7, 11) is 0. The summed E-state index contributed by atoms with van der Waals surface area (Å²) in [6.07, 6.45) is 5.32. The van der Waals surface area contributed by atoms with Crippen LogP contribution in [0.25, 0.3) is 0 Å².